The molecule has 3 rings (SSSR count). The van der Waals surface area contributed by atoms with E-state index < -0.39 is 0 Å². The molecule has 0 bridgehead atoms. The van der Waals surface area contributed by atoms with E-state index in [4.69, 9.17) is 16.6 Å². The first kappa shape index (κ1) is 22.8. The van der Waals surface area contributed by atoms with Crippen LogP contribution in [0.1, 0.15) is 134 Å². The van der Waals surface area contributed by atoms with Gasteiger partial charge in [-0.15, -0.1) is 0 Å². The molecule has 0 radical (unpaired) electrons. The Hall–Kier alpha value is -0.900. The highest BCUT2D eigenvalue weighted by atomic mass is 35.5. The third kappa shape index (κ3) is 8.78. The highest BCUT2D eigenvalue weighted by Crippen LogP contribution is 2.29. The summed E-state index contributed by atoms with van der Waals surface area (Å²) in [6.45, 7) is 0. The Morgan fingerprint density at radius 1 is 0.552 bits per heavy atom. The van der Waals surface area contributed by atoms with Gasteiger partial charge in [-0.25, -0.2) is 4.98 Å². The molecule has 2 aliphatic rings. The highest BCUT2D eigenvalue weighted by Gasteiger charge is 2.19. The number of aromatic nitrogens is 3. The normalized spacial score (nSPS) is 22.5. The van der Waals surface area contributed by atoms with Crippen molar-refractivity contribution in [3.05, 3.63) is 11.1 Å². The number of hydrogen-bond donors (Lipinski definition) is 1. The quantitative estimate of drug-likeness (QED) is 0.541. The first-order valence-corrected chi connectivity index (χ1v) is 12.9. The molecule has 29 heavy (non-hydrogen) atoms. The molecule has 1 heterocycles. The van der Waals surface area contributed by atoms with Gasteiger partial charge >= 0.3 is 0 Å². The Morgan fingerprint density at radius 3 is 1.52 bits per heavy atom. The molecular weight excluding hydrogens is 380 g/mol. The van der Waals surface area contributed by atoms with Crippen molar-refractivity contribution in [3.8, 4) is 0 Å². The van der Waals surface area contributed by atoms with Gasteiger partial charge in [0.25, 0.3) is 0 Å². The maximum atomic E-state index is 6.35. The van der Waals surface area contributed by atoms with E-state index >= 15 is 0 Å². The minimum atomic E-state index is 0.353. The SMILES string of the molecule is Clc1nc(NC2CCCCCCCCC2)nc(C2CCCCCCCCCC2)n1. The Balaban J connectivity index is 1.64. The van der Waals surface area contributed by atoms with E-state index in [0.29, 0.717) is 23.2 Å². The monoisotopic (exact) mass is 420 g/mol. The van der Waals surface area contributed by atoms with Crippen molar-refractivity contribution in [3.63, 3.8) is 0 Å². The average Bonchev–Trinajstić information content (AvgIpc) is 2.78. The van der Waals surface area contributed by atoms with Crippen molar-refractivity contribution in [2.24, 2.45) is 0 Å². The van der Waals surface area contributed by atoms with E-state index in [9.17, 15) is 0 Å². The minimum absolute atomic E-state index is 0.353. The molecule has 5 heteroatoms. The van der Waals surface area contributed by atoms with Gasteiger partial charge in [0.15, 0.2) is 0 Å². The minimum Gasteiger partial charge on any atom is -0.351 e. The molecule has 164 valence electrons. The lowest BCUT2D eigenvalue weighted by Gasteiger charge is -2.21. The smallest absolute Gasteiger partial charge is 0.227 e. The molecule has 0 aliphatic heterocycles. The molecule has 1 N–H and O–H groups in total. The maximum Gasteiger partial charge on any atom is 0.227 e. The van der Waals surface area contributed by atoms with E-state index in [1.54, 1.807) is 0 Å². The van der Waals surface area contributed by atoms with Crippen molar-refractivity contribution in [1.82, 2.24) is 15.0 Å². The molecule has 2 saturated carbocycles. The lowest BCUT2D eigenvalue weighted by molar-refractivity contribution is 0.473. The molecule has 0 saturated heterocycles. The molecule has 2 aliphatic carbocycles. The van der Waals surface area contributed by atoms with Crippen LogP contribution < -0.4 is 5.32 Å². The van der Waals surface area contributed by atoms with Gasteiger partial charge in [0.05, 0.1) is 0 Å². The number of anilines is 1. The van der Waals surface area contributed by atoms with Crippen LogP contribution in [0.3, 0.4) is 0 Å². The third-order valence-electron chi connectivity index (χ3n) is 6.78. The topological polar surface area (TPSA) is 50.7 Å². The third-order valence-corrected chi connectivity index (χ3v) is 6.95. The lowest BCUT2D eigenvalue weighted by Crippen LogP contribution is -2.22. The molecule has 0 unspecified atom stereocenters. The highest BCUT2D eigenvalue weighted by molar-refractivity contribution is 6.28. The van der Waals surface area contributed by atoms with Crippen LogP contribution in [0.5, 0.6) is 0 Å². The van der Waals surface area contributed by atoms with E-state index in [2.05, 4.69) is 15.3 Å². The summed E-state index contributed by atoms with van der Waals surface area (Å²) in [5.74, 6) is 2.06. The predicted molar refractivity (Wildman–Crippen MR) is 123 cm³/mol. The molecule has 0 amide bonds. The molecule has 0 atom stereocenters. The van der Waals surface area contributed by atoms with Crippen molar-refractivity contribution < 1.29 is 0 Å². The number of rotatable bonds is 3. The first-order valence-electron chi connectivity index (χ1n) is 12.5. The summed E-state index contributed by atoms with van der Waals surface area (Å²) < 4.78 is 0. The van der Waals surface area contributed by atoms with Crippen LogP contribution in [0.2, 0.25) is 5.28 Å². The summed E-state index contributed by atoms with van der Waals surface area (Å²) in [7, 11) is 0. The Morgan fingerprint density at radius 2 is 1.00 bits per heavy atom. The van der Waals surface area contributed by atoms with Crippen molar-refractivity contribution in [2.75, 3.05) is 5.32 Å². The summed E-state index contributed by atoms with van der Waals surface area (Å²) in [6, 6.07) is 0.465. The van der Waals surface area contributed by atoms with Crippen molar-refractivity contribution in [2.45, 2.75) is 134 Å². The van der Waals surface area contributed by atoms with Crippen molar-refractivity contribution >= 4 is 17.5 Å². The average molecular weight is 421 g/mol. The largest absolute Gasteiger partial charge is 0.351 e. The Labute approximate surface area is 183 Å². The number of nitrogens with zero attached hydrogens (tertiary/aromatic N) is 3. The van der Waals surface area contributed by atoms with Gasteiger partial charge in [-0.05, 0) is 37.3 Å². The molecule has 1 aromatic heterocycles. The van der Waals surface area contributed by atoms with E-state index in [1.165, 1.54) is 122 Å². The Kier molecular flexibility index (Phi) is 10.5. The summed E-state index contributed by atoms with van der Waals surface area (Å²) in [4.78, 5) is 13.9. The zero-order valence-electron chi connectivity index (χ0n) is 18.3. The van der Waals surface area contributed by atoms with E-state index in [0.717, 1.165) is 5.82 Å². The predicted octanol–water partition coefficient (Wildman–Crippen LogP) is 7.83. The van der Waals surface area contributed by atoms with Gasteiger partial charge < -0.3 is 5.32 Å². The van der Waals surface area contributed by atoms with Crippen LogP contribution in [0, 0.1) is 0 Å². The van der Waals surface area contributed by atoms with Gasteiger partial charge in [0.2, 0.25) is 11.2 Å². The fourth-order valence-electron chi connectivity index (χ4n) is 4.99. The second-order valence-electron chi connectivity index (χ2n) is 9.28. The standard InChI is InChI=1S/C24H41ClN4/c25-23-27-22(20-16-12-8-4-1-2-5-9-13-17-20)28-24(29-23)26-21-18-14-10-6-3-7-11-15-19-21/h20-21H,1-19H2,(H,26,27,28,29). The molecular formula is C24H41ClN4. The van der Waals surface area contributed by atoms with Gasteiger partial charge in [-0.3, -0.25) is 0 Å². The number of nitrogens with one attached hydrogen (secondary N) is 1. The summed E-state index contributed by atoms with van der Waals surface area (Å²) >= 11 is 6.35. The fourth-order valence-corrected chi connectivity index (χ4v) is 5.16. The van der Waals surface area contributed by atoms with Gasteiger partial charge in [-0.2, -0.15) is 9.97 Å². The van der Waals surface area contributed by atoms with Crippen LogP contribution in [0.15, 0.2) is 0 Å². The summed E-state index contributed by atoms with van der Waals surface area (Å²) in [5.41, 5.74) is 0. The second-order valence-corrected chi connectivity index (χ2v) is 9.62. The van der Waals surface area contributed by atoms with Crippen LogP contribution >= 0.6 is 11.6 Å². The molecule has 4 nitrogen and oxygen atoms in total. The number of hydrogen-bond acceptors (Lipinski definition) is 4. The first-order chi connectivity index (χ1) is 14.3. The van der Waals surface area contributed by atoms with Crippen molar-refractivity contribution in [1.29, 1.82) is 0 Å². The second kappa shape index (κ2) is 13.4. The number of halogens is 1. The van der Waals surface area contributed by atoms with Crippen LogP contribution in [0.4, 0.5) is 5.95 Å². The van der Waals surface area contributed by atoms with Crippen LogP contribution in [0.25, 0.3) is 0 Å². The molecule has 0 spiro atoms. The van der Waals surface area contributed by atoms with Gasteiger partial charge in [-0.1, -0.05) is 96.3 Å². The van der Waals surface area contributed by atoms with Crippen LogP contribution in [-0.4, -0.2) is 21.0 Å². The molecule has 1 aromatic rings. The van der Waals surface area contributed by atoms with E-state index in [-0.39, 0.29) is 0 Å². The lowest BCUT2D eigenvalue weighted by atomic mass is 9.94. The van der Waals surface area contributed by atoms with Gasteiger partial charge in [0, 0.05) is 12.0 Å². The maximum absolute atomic E-state index is 6.35. The zero-order valence-corrected chi connectivity index (χ0v) is 19.1. The van der Waals surface area contributed by atoms with E-state index in [1.807, 2.05) is 0 Å². The van der Waals surface area contributed by atoms with Crippen LogP contribution in [-0.2, 0) is 0 Å². The summed E-state index contributed by atoms with van der Waals surface area (Å²) in [5, 5.41) is 3.98. The molecule has 2 fully saturated rings. The Bertz CT molecular complexity index is 558. The zero-order chi connectivity index (χ0) is 20.2. The summed E-state index contributed by atoms with van der Waals surface area (Å²) in [6.07, 6.45) is 25.0. The fraction of sp³-hybridized carbons (Fsp3) is 0.875. The molecule has 0 aromatic carbocycles. The van der Waals surface area contributed by atoms with Gasteiger partial charge in [0.1, 0.15) is 5.82 Å².